The molecule has 0 aromatic heterocycles. The maximum absolute atomic E-state index is 13.5. The van der Waals surface area contributed by atoms with Gasteiger partial charge in [0.15, 0.2) is 0 Å². The Bertz CT molecular complexity index is 534. The highest BCUT2D eigenvalue weighted by molar-refractivity contribution is 5.69. The van der Waals surface area contributed by atoms with Gasteiger partial charge in [-0.05, 0) is 36.1 Å². The predicted molar refractivity (Wildman–Crippen MR) is 75.4 cm³/mol. The number of ether oxygens (including phenoxy) is 2. The molecular weight excluding hydrogens is 273 g/mol. The first kappa shape index (κ1) is 14.5. The first-order valence-corrected chi connectivity index (χ1v) is 7.38. The topological polar surface area (TPSA) is 38.8 Å². The number of hydrogen-bond acceptors (Lipinski definition) is 4. The first-order valence-electron chi connectivity index (χ1n) is 7.38. The number of methoxy groups -OCH3 is 1. The van der Waals surface area contributed by atoms with Crippen molar-refractivity contribution in [2.24, 2.45) is 0 Å². The van der Waals surface area contributed by atoms with Crippen LogP contribution in [0.15, 0.2) is 18.2 Å². The summed E-state index contributed by atoms with van der Waals surface area (Å²) in [6, 6.07) is 5.30. The van der Waals surface area contributed by atoms with E-state index in [4.69, 9.17) is 9.47 Å². The highest BCUT2D eigenvalue weighted by atomic mass is 19.1. The summed E-state index contributed by atoms with van der Waals surface area (Å²) in [6.45, 7) is 2.11. The Kier molecular flexibility index (Phi) is 4.22. The van der Waals surface area contributed by atoms with E-state index in [9.17, 15) is 9.18 Å². The minimum atomic E-state index is -0.250. The van der Waals surface area contributed by atoms with Gasteiger partial charge in [0, 0.05) is 19.1 Å². The van der Waals surface area contributed by atoms with Gasteiger partial charge in [0.1, 0.15) is 5.82 Å². The summed E-state index contributed by atoms with van der Waals surface area (Å²) in [5.41, 5.74) is 2.33. The van der Waals surface area contributed by atoms with E-state index in [-0.39, 0.29) is 30.4 Å². The molecule has 1 heterocycles. The molecule has 0 radical (unpaired) electrons. The van der Waals surface area contributed by atoms with E-state index in [0.29, 0.717) is 13.2 Å². The SMILES string of the molecule is COC(=O)C[C@@H]1CN([C@H]2CCc3ccc(F)cc32)CCO1. The number of fused-ring (bicyclic) bond motifs is 1. The summed E-state index contributed by atoms with van der Waals surface area (Å²) in [5.74, 6) is -0.431. The van der Waals surface area contributed by atoms with E-state index in [1.54, 1.807) is 6.07 Å². The fourth-order valence-electron chi connectivity index (χ4n) is 3.35. The van der Waals surface area contributed by atoms with Gasteiger partial charge in [-0.1, -0.05) is 6.07 Å². The number of aryl methyl sites for hydroxylation is 1. The summed E-state index contributed by atoms with van der Waals surface area (Å²) in [4.78, 5) is 13.7. The minimum absolute atomic E-state index is 0.135. The van der Waals surface area contributed by atoms with Crippen LogP contribution in [0, 0.1) is 5.82 Å². The lowest BCUT2D eigenvalue weighted by Gasteiger charge is -2.36. The molecule has 114 valence electrons. The maximum Gasteiger partial charge on any atom is 0.308 e. The van der Waals surface area contributed by atoms with Crippen molar-refractivity contribution >= 4 is 5.97 Å². The first-order chi connectivity index (χ1) is 10.2. The second-order valence-electron chi connectivity index (χ2n) is 5.67. The molecule has 1 aromatic carbocycles. The van der Waals surface area contributed by atoms with Gasteiger partial charge >= 0.3 is 5.97 Å². The number of morpholine rings is 1. The van der Waals surface area contributed by atoms with Crippen LogP contribution in [0.3, 0.4) is 0 Å². The number of halogens is 1. The van der Waals surface area contributed by atoms with Gasteiger partial charge in [-0.25, -0.2) is 4.39 Å². The van der Waals surface area contributed by atoms with Crippen molar-refractivity contribution in [1.82, 2.24) is 4.90 Å². The fraction of sp³-hybridized carbons (Fsp3) is 0.562. The molecule has 2 aliphatic rings. The average Bonchev–Trinajstić information content (AvgIpc) is 2.90. The van der Waals surface area contributed by atoms with Crippen LogP contribution in [0.5, 0.6) is 0 Å². The zero-order chi connectivity index (χ0) is 14.8. The molecule has 0 bridgehead atoms. The molecule has 1 fully saturated rings. The quantitative estimate of drug-likeness (QED) is 0.800. The van der Waals surface area contributed by atoms with Gasteiger partial charge in [-0.3, -0.25) is 9.69 Å². The predicted octanol–water partition coefficient (Wildman–Crippen LogP) is 2.08. The van der Waals surface area contributed by atoms with E-state index < -0.39 is 0 Å². The Morgan fingerprint density at radius 1 is 1.52 bits per heavy atom. The Balaban J connectivity index is 1.71. The third kappa shape index (κ3) is 3.09. The van der Waals surface area contributed by atoms with E-state index in [1.807, 2.05) is 6.07 Å². The number of esters is 1. The highest BCUT2D eigenvalue weighted by Crippen LogP contribution is 2.37. The molecule has 1 aliphatic carbocycles. The number of benzene rings is 1. The van der Waals surface area contributed by atoms with Crippen LogP contribution >= 0.6 is 0 Å². The number of carbonyl (C=O) groups excluding carboxylic acids is 1. The summed E-state index contributed by atoms with van der Waals surface area (Å²) < 4.78 is 23.8. The standard InChI is InChI=1S/C16H20FNO3/c1-20-16(19)9-13-10-18(6-7-21-13)15-5-3-11-2-4-12(17)8-14(11)15/h2,4,8,13,15H,3,5-7,9-10H2,1H3/t13-,15+/m1/s1. The second-order valence-corrected chi connectivity index (χ2v) is 5.67. The lowest BCUT2D eigenvalue weighted by Crippen LogP contribution is -2.44. The van der Waals surface area contributed by atoms with Crippen LogP contribution in [0.4, 0.5) is 4.39 Å². The van der Waals surface area contributed by atoms with Crippen molar-refractivity contribution in [2.75, 3.05) is 26.8 Å². The second kappa shape index (κ2) is 6.12. The van der Waals surface area contributed by atoms with Crippen molar-refractivity contribution in [1.29, 1.82) is 0 Å². The summed E-state index contributed by atoms with van der Waals surface area (Å²) in [7, 11) is 1.39. The molecule has 1 aromatic rings. The zero-order valence-corrected chi connectivity index (χ0v) is 12.2. The molecule has 0 amide bonds. The smallest absolute Gasteiger partial charge is 0.308 e. The van der Waals surface area contributed by atoms with Crippen molar-refractivity contribution in [3.8, 4) is 0 Å². The number of nitrogens with zero attached hydrogens (tertiary/aromatic N) is 1. The van der Waals surface area contributed by atoms with E-state index in [0.717, 1.165) is 24.9 Å². The lowest BCUT2D eigenvalue weighted by atomic mass is 10.0. The third-order valence-electron chi connectivity index (χ3n) is 4.39. The molecule has 3 rings (SSSR count). The fourth-order valence-corrected chi connectivity index (χ4v) is 3.35. The number of rotatable bonds is 3. The average molecular weight is 293 g/mol. The minimum Gasteiger partial charge on any atom is -0.469 e. The normalized spacial score (nSPS) is 25.6. The molecule has 1 aliphatic heterocycles. The van der Waals surface area contributed by atoms with Crippen LogP contribution in [0.1, 0.15) is 30.0 Å². The van der Waals surface area contributed by atoms with Crippen LogP contribution in [0.2, 0.25) is 0 Å². The third-order valence-corrected chi connectivity index (χ3v) is 4.39. The van der Waals surface area contributed by atoms with Gasteiger partial charge < -0.3 is 9.47 Å². The van der Waals surface area contributed by atoms with Gasteiger partial charge in [-0.15, -0.1) is 0 Å². The number of carbonyl (C=O) groups is 1. The monoisotopic (exact) mass is 293 g/mol. The van der Waals surface area contributed by atoms with Crippen molar-refractivity contribution < 1.29 is 18.7 Å². The van der Waals surface area contributed by atoms with Crippen molar-refractivity contribution in [3.05, 3.63) is 35.1 Å². The van der Waals surface area contributed by atoms with Gasteiger partial charge in [-0.2, -0.15) is 0 Å². The maximum atomic E-state index is 13.5. The summed E-state index contributed by atoms with van der Waals surface area (Å²) in [6.07, 6.45) is 2.13. The van der Waals surface area contributed by atoms with Crippen molar-refractivity contribution in [3.63, 3.8) is 0 Å². The van der Waals surface area contributed by atoms with E-state index in [1.165, 1.54) is 18.7 Å². The lowest BCUT2D eigenvalue weighted by molar-refractivity contribution is -0.146. The number of hydrogen-bond donors (Lipinski definition) is 0. The molecule has 0 spiro atoms. The Labute approximate surface area is 123 Å². The summed E-state index contributed by atoms with van der Waals surface area (Å²) >= 11 is 0. The molecule has 4 nitrogen and oxygen atoms in total. The molecule has 0 N–H and O–H groups in total. The molecule has 0 unspecified atom stereocenters. The highest BCUT2D eigenvalue weighted by Gasteiger charge is 2.32. The van der Waals surface area contributed by atoms with Crippen LogP contribution in [-0.4, -0.2) is 43.8 Å². The summed E-state index contributed by atoms with van der Waals surface area (Å²) in [5, 5.41) is 0. The van der Waals surface area contributed by atoms with Crippen LogP contribution < -0.4 is 0 Å². The Hall–Kier alpha value is -1.46. The van der Waals surface area contributed by atoms with Gasteiger partial charge in [0.25, 0.3) is 0 Å². The van der Waals surface area contributed by atoms with E-state index in [2.05, 4.69) is 4.90 Å². The van der Waals surface area contributed by atoms with Crippen molar-refractivity contribution in [2.45, 2.75) is 31.4 Å². The molecule has 0 saturated carbocycles. The van der Waals surface area contributed by atoms with Gasteiger partial charge in [0.05, 0.1) is 26.2 Å². The Morgan fingerprint density at radius 3 is 3.19 bits per heavy atom. The van der Waals surface area contributed by atoms with Crippen LogP contribution in [0.25, 0.3) is 0 Å². The molecule has 21 heavy (non-hydrogen) atoms. The largest absolute Gasteiger partial charge is 0.469 e. The van der Waals surface area contributed by atoms with Crippen LogP contribution in [-0.2, 0) is 20.7 Å². The molecule has 1 saturated heterocycles. The molecule has 5 heteroatoms. The van der Waals surface area contributed by atoms with Gasteiger partial charge in [0.2, 0.25) is 0 Å². The molecular formula is C16H20FNO3. The van der Waals surface area contributed by atoms with E-state index >= 15 is 0 Å². The zero-order valence-electron chi connectivity index (χ0n) is 12.2. The Morgan fingerprint density at radius 2 is 2.38 bits per heavy atom. The molecule has 2 atom stereocenters.